The highest BCUT2D eigenvalue weighted by molar-refractivity contribution is 6.32. The molecule has 0 fully saturated rings. The summed E-state index contributed by atoms with van der Waals surface area (Å²) in [6.45, 7) is 0.156. The van der Waals surface area contributed by atoms with E-state index in [4.69, 9.17) is 4.42 Å². The van der Waals surface area contributed by atoms with Gasteiger partial charge in [-0.15, -0.1) is 0 Å². The number of amides is 1. The predicted molar refractivity (Wildman–Crippen MR) is 65.3 cm³/mol. The van der Waals surface area contributed by atoms with Crippen molar-refractivity contribution in [3.05, 3.63) is 34.3 Å². The van der Waals surface area contributed by atoms with Gasteiger partial charge in [0.05, 0.1) is 12.6 Å². The van der Waals surface area contributed by atoms with Gasteiger partial charge in [0, 0.05) is 13.6 Å². The van der Waals surface area contributed by atoms with Crippen LogP contribution >= 0.6 is 0 Å². The fourth-order valence-corrected chi connectivity index (χ4v) is 1.63. The average Bonchev–Trinajstić information content (AvgIpc) is 2.70. The number of nitrogens with one attached hydrogen (secondary N) is 1. The van der Waals surface area contributed by atoms with Gasteiger partial charge in [0.25, 0.3) is 0 Å². The summed E-state index contributed by atoms with van der Waals surface area (Å²) in [5.41, 5.74) is 1.83. The first-order chi connectivity index (χ1) is 9.02. The number of ether oxygens (including phenoxy) is 1. The Labute approximate surface area is 107 Å². The molecule has 1 N–H and O–H groups in total. The summed E-state index contributed by atoms with van der Waals surface area (Å²) in [5.74, 6) is -2.22. The predicted octanol–water partition coefficient (Wildman–Crippen LogP) is -0.0793. The van der Waals surface area contributed by atoms with E-state index in [0.717, 1.165) is 12.7 Å². The molecule has 19 heavy (non-hydrogen) atoms. The van der Waals surface area contributed by atoms with Crippen LogP contribution < -0.4 is 11.1 Å². The fourth-order valence-electron chi connectivity index (χ4n) is 1.63. The Balaban J connectivity index is 2.18. The Morgan fingerprint density at radius 3 is 2.84 bits per heavy atom. The smallest absolute Gasteiger partial charge is 0.419 e. The summed E-state index contributed by atoms with van der Waals surface area (Å²) >= 11 is 0. The van der Waals surface area contributed by atoms with Crippen molar-refractivity contribution in [1.29, 1.82) is 0 Å². The maximum atomic E-state index is 11.3. The Hall–Kier alpha value is -2.57. The molecule has 1 heterocycles. The Morgan fingerprint density at radius 2 is 2.16 bits per heavy atom. The lowest BCUT2D eigenvalue weighted by Gasteiger charge is -2.04. The lowest BCUT2D eigenvalue weighted by Crippen LogP contribution is -2.31. The number of oxazole rings is 1. The number of rotatable bonds is 2. The second kappa shape index (κ2) is 4.97. The number of hydrogen-bond donors (Lipinski definition) is 1. The Kier molecular flexibility index (Phi) is 3.37. The Bertz CT molecular complexity index is 698. The molecule has 2 aromatic rings. The molecule has 0 bridgehead atoms. The first kappa shape index (κ1) is 12.9. The van der Waals surface area contributed by atoms with Crippen LogP contribution in [0, 0.1) is 0 Å². The molecular weight excluding hydrogens is 252 g/mol. The molecular formula is C12H12N2O5. The van der Waals surface area contributed by atoms with E-state index in [1.165, 1.54) is 4.57 Å². The highest BCUT2D eigenvalue weighted by Gasteiger charge is 2.13. The van der Waals surface area contributed by atoms with Crippen LogP contribution in [0.1, 0.15) is 5.56 Å². The zero-order valence-corrected chi connectivity index (χ0v) is 10.4. The molecule has 0 aliphatic carbocycles. The van der Waals surface area contributed by atoms with Crippen molar-refractivity contribution < 1.29 is 18.7 Å². The lowest BCUT2D eigenvalue weighted by molar-refractivity contribution is -0.152. The topological polar surface area (TPSA) is 90.5 Å². The monoisotopic (exact) mass is 264 g/mol. The van der Waals surface area contributed by atoms with Gasteiger partial charge in [-0.25, -0.2) is 9.59 Å². The van der Waals surface area contributed by atoms with E-state index in [9.17, 15) is 14.4 Å². The molecule has 0 spiro atoms. The van der Waals surface area contributed by atoms with Gasteiger partial charge in [0.15, 0.2) is 5.58 Å². The summed E-state index contributed by atoms with van der Waals surface area (Å²) in [6.07, 6.45) is 0. The van der Waals surface area contributed by atoms with Crippen LogP contribution in [0.15, 0.2) is 27.4 Å². The number of benzene rings is 1. The number of aryl methyl sites for hydroxylation is 1. The maximum absolute atomic E-state index is 11.3. The molecule has 1 aromatic carbocycles. The molecule has 0 aliphatic heterocycles. The van der Waals surface area contributed by atoms with Crippen molar-refractivity contribution in [2.45, 2.75) is 6.54 Å². The van der Waals surface area contributed by atoms with Gasteiger partial charge in [-0.2, -0.15) is 0 Å². The molecule has 0 atom stereocenters. The number of methoxy groups -OCH3 is 1. The summed E-state index contributed by atoms with van der Waals surface area (Å²) in [5, 5.41) is 2.41. The van der Waals surface area contributed by atoms with Gasteiger partial charge >= 0.3 is 17.6 Å². The van der Waals surface area contributed by atoms with Gasteiger partial charge < -0.3 is 14.5 Å². The van der Waals surface area contributed by atoms with Crippen LogP contribution in [0.3, 0.4) is 0 Å². The standard InChI is InChI=1S/C12H12N2O5/c1-14-8-5-7(3-4-9(8)19-12(14)17)6-13-10(15)11(16)18-2/h3-5H,6H2,1-2H3,(H,13,15). The van der Waals surface area contributed by atoms with Crippen molar-refractivity contribution >= 4 is 23.0 Å². The average molecular weight is 264 g/mol. The van der Waals surface area contributed by atoms with Crippen LogP contribution in [0.25, 0.3) is 11.1 Å². The lowest BCUT2D eigenvalue weighted by atomic mass is 10.2. The van der Waals surface area contributed by atoms with Crippen molar-refractivity contribution in [3.8, 4) is 0 Å². The number of fused-ring (bicyclic) bond motifs is 1. The summed E-state index contributed by atoms with van der Waals surface area (Å²) < 4.78 is 10.6. The van der Waals surface area contributed by atoms with Crippen LogP contribution in [0.2, 0.25) is 0 Å². The normalized spacial score (nSPS) is 10.4. The SMILES string of the molecule is COC(=O)C(=O)NCc1ccc2oc(=O)n(C)c2c1. The van der Waals surface area contributed by atoms with E-state index in [-0.39, 0.29) is 6.54 Å². The highest BCUT2D eigenvalue weighted by atomic mass is 16.5. The molecule has 7 heteroatoms. The van der Waals surface area contributed by atoms with Crippen molar-refractivity contribution in [2.75, 3.05) is 7.11 Å². The quantitative estimate of drug-likeness (QED) is 0.605. The van der Waals surface area contributed by atoms with Gasteiger partial charge in [0.2, 0.25) is 0 Å². The van der Waals surface area contributed by atoms with Crippen molar-refractivity contribution in [2.24, 2.45) is 7.05 Å². The molecule has 1 amide bonds. The number of esters is 1. The second-order valence-corrected chi connectivity index (χ2v) is 3.90. The number of nitrogens with zero attached hydrogens (tertiary/aromatic N) is 1. The van der Waals surface area contributed by atoms with Crippen LogP contribution in [0.4, 0.5) is 0 Å². The van der Waals surface area contributed by atoms with E-state index in [0.29, 0.717) is 11.1 Å². The van der Waals surface area contributed by atoms with E-state index in [2.05, 4.69) is 10.1 Å². The van der Waals surface area contributed by atoms with Crippen LogP contribution in [-0.2, 0) is 27.9 Å². The minimum absolute atomic E-state index is 0.156. The van der Waals surface area contributed by atoms with E-state index in [1.54, 1.807) is 25.2 Å². The van der Waals surface area contributed by atoms with Crippen LogP contribution in [0.5, 0.6) is 0 Å². The number of carbonyl (C=O) groups is 2. The largest absolute Gasteiger partial charge is 0.462 e. The third-order valence-corrected chi connectivity index (χ3v) is 2.68. The summed E-state index contributed by atoms with van der Waals surface area (Å²) in [7, 11) is 2.72. The third kappa shape index (κ3) is 2.49. The molecule has 100 valence electrons. The molecule has 1 aromatic heterocycles. The van der Waals surface area contributed by atoms with Crippen molar-refractivity contribution in [1.82, 2.24) is 9.88 Å². The van der Waals surface area contributed by atoms with E-state index in [1.807, 2.05) is 0 Å². The van der Waals surface area contributed by atoms with Gasteiger partial charge in [-0.05, 0) is 17.7 Å². The number of carbonyl (C=O) groups excluding carboxylic acids is 2. The minimum atomic E-state index is -0.947. The second-order valence-electron chi connectivity index (χ2n) is 3.90. The minimum Gasteiger partial charge on any atom is -0.462 e. The summed E-state index contributed by atoms with van der Waals surface area (Å²) in [4.78, 5) is 33.4. The van der Waals surface area contributed by atoms with Gasteiger partial charge in [-0.1, -0.05) is 6.07 Å². The summed E-state index contributed by atoms with van der Waals surface area (Å²) in [6, 6.07) is 5.04. The van der Waals surface area contributed by atoms with Crippen molar-refractivity contribution in [3.63, 3.8) is 0 Å². The molecule has 7 nitrogen and oxygen atoms in total. The molecule has 0 saturated carbocycles. The van der Waals surface area contributed by atoms with Crippen LogP contribution in [-0.4, -0.2) is 23.6 Å². The Morgan fingerprint density at radius 1 is 1.42 bits per heavy atom. The van der Waals surface area contributed by atoms with Gasteiger partial charge in [0.1, 0.15) is 0 Å². The fraction of sp³-hybridized carbons (Fsp3) is 0.250. The van der Waals surface area contributed by atoms with E-state index >= 15 is 0 Å². The van der Waals surface area contributed by atoms with E-state index < -0.39 is 17.6 Å². The zero-order chi connectivity index (χ0) is 14.0. The molecule has 0 radical (unpaired) electrons. The molecule has 0 saturated heterocycles. The molecule has 0 aliphatic rings. The third-order valence-electron chi connectivity index (χ3n) is 2.68. The molecule has 2 rings (SSSR count). The molecule has 0 unspecified atom stereocenters. The zero-order valence-electron chi connectivity index (χ0n) is 10.4. The first-order valence-electron chi connectivity index (χ1n) is 5.47. The number of hydrogen-bond acceptors (Lipinski definition) is 5. The first-order valence-corrected chi connectivity index (χ1v) is 5.47. The maximum Gasteiger partial charge on any atom is 0.419 e. The number of aromatic nitrogens is 1. The highest BCUT2D eigenvalue weighted by Crippen LogP contribution is 2.14. The van der Waals surface area contributed by atoms with Gasteiger partial charge in [-0.3, -0.25) is 9.36 Å².